The highest BCUT2D eigenvalue weighted by atomic mass is 16.6. The number of aromatic nitrogens is 1. The molecule has 0 N–H and O–H groups in total. The topological polar surface area (TPSA) is 68.4 Å². The molecule has 0 aromatic carbocycles. The van der Waals surface area contributed by atoms with E-state index in [0.29, 0.717) is 17.8 Å². The van der Waals surface area contributed by atoms with Gasteiger partial charge in [-0.15, -0.1) is 0 Å². The lowest BCUT2D eigenvalue weighted by Crippen LogP contribution is -2.10. The molecule has 0 fully saturated rings. The third-order valence-electron chi connectivity index (χ3n) is 1.91. The minimum atomic E-state index is -0.418. The minimum absolute atomic E-state index is 0.0676. The fourth-order valence-electron chi connectivity index (χ4n) is 1.30. The quantitative estimate of drug-likeness (QED) is 0.515. The summed E-state index contributed by atoms with van der Waals surface area (Å²) in [4.78, 5) is 18.1. The Kier molecular flexibility index (Phi) is 2.06. The molecule has 0 saturated carbocycles. The van der Waals surface area contributed by atoms with E-state index >= 15 is 0 Å². The van der Waals surface area contributed by atoms with Gasteiger partial charge in [-0.1, -0.05) is 0 Å². The van der Waals surface area contributed by atoms with E-state index in [0.717, 1.165) is 0 Å². The Morgan fingerprint density at radius 3 is 3.00 bits per heavy atom. The van der Waals surface area contributed by atoms with Crippen molar-refractivity contribution in [1.29, 1.82) is 0 Å². The number of hydrogen-bond donors (Lipinski definition) is 0. The van der Waals surface area contributed by atoms with Gasteiger partial charge >= 0.3 is 0 Å². The summed E-state index contributed by atoms with van der Waals surface area (Å²) in [6, 6.07) is 3.49. The highest BCUT2D eigenvalue weighted by molar-refractivity contribution is 6.12. The van der Waals surface area contributed by atoms with Crippen LogP contribution in [0.25, 0.3) is 0 Å². The lowest BCUT2D eigenvalue weighted by Gasteiger charge is -1.98. The van der Waals surface area contributed by atoms with Crippen molar-refractivity contribution >= 4 is 5.71 Å². The smallest absolute Gasteiger partial charge is 0.273 e. The van der Waals surface area contributed by atoms with Crippen molar-refractivity contribution < 1.29 is 4.92 Å². The van der Waals surface area contributed by atoms with E-state index in [1.165, 1.54) is 6.08 Å². The molecule has 0 saturated heterocycles. The fraction of sp³-hybridized carbons (Fsp3) is 0.111. The second-order valence-corrected chi connectivity index (χ2v) is 2.78. The van der Waals surface area contributed by atoms with Crippen LogP contribution in [0, 0.1) is 10.1 Å². The molecule has 1 aromatic rings. The van der Waals surface area contributed by atoms with Gasteiger partial charge in [0.1, 0.15) is 5.71 Å². The van der Waals surface area contributed by atoms with E-state index in [-0.39, 0.29) is 5.70 Å². The van der Waals surface area contributed by atoms with E-state index in [1.807, 2.05) is 0 Å². The maximum absolute atomic E-state index is 10.6. The van der Waals surface area contributed by atoms with Gasteiger partial charge in [0, 0.05) is 24.0 Å². The van der Waals surface area contributed by atoms with Crippen LogP contribution in [0.5, 0.6) is 0 Å². The summed E-state index contributed by atoms with van der Waals surface area (Å²) in [5.74, 6) is 0. The fourth-order valence-corrected chi connectivity index (χ4v) is 1.30. The summed E-state index contributed by atoms with van der Waals surface area (Å²) in [5.41, 5.74) is 1.18. The molecule has 2 heterocycles. The van der Waals surface area contributed by atoms with Gasteiger partial charge in [-0.3, -0.25) is 20.1 Å². The second kappa shape index (κ2) is 3.37. The third-order valence-corrected chi connectivity index (χ3v) is 1.91. The van der Waals surface area contributed by atoms with Gasteiger partial charge in [0.15, 0.2) is 0 Å². The summed E-state index contributed by atoms with van der Waals surface area (Å²) < 4.78 is 0. The van der Waals surface area contributed by atoms with Crippen LogP contribution in [0.3, 0.4) is 0 Å². The van der Waals surface area contributed by atoms with Crippen molar-refractivity contribution in [3.63, 3.8) is 0 Å². The number of nitrogens with zero attached hydrogens (tertiary/aromatic N) is 3. The van der Waals surface area contributed by atoms with E-state index in [4.69, 9.17) is 0 Å². The van der Waals surface area contributed by atoms with Crippen LogP contribution in [-0.2, 0) is 0 Å². The molecule has 0 aliphatic carbocycles. The number of pyridine rings is 1. The zero-order chi connectivity index (χ0) is 9.97. The van der Waals surface area contributed by atoms with Gasteiger partial charge in [-0.2, -0.15) is 0 Å². The molecule has 0 amide bonds. The molecule has 0 unspecified atom stereocenters. The van der Waals surface area contributed by atoms with Crippen molar-refractivity contribution in [2.24, 2.45) is 4.99 Å². The molecular weight excluding hydrogens is 182 g/mol. The summed E-state index contributed by atoms with van der Waals surface area (Å²) in [6.07, 6.45) is 4.69. The zero-order valence-electron chi connectivity index (χ0n) is 7.25. The third kappa shape index (κ3) is 1.39. The number of allylic oxidation sites excluding steroid dienone is 1. The average molecular weight is 189 g/mol. The van der Waals surface area contributed by atoms with Gasteiger partial charge in [0.05, 0.1) is 11.5 Å². The first-order valence-electron chi connectivity index (χ1n) is 4.09. The maximum atomic E-state index is 10.6. The van der Waals surface area contributed by atoms with Gasteiger partial charge in [0.2, 0.25) is 0 Å². The highest BCUT2D eigenvalue weighted by Crippen LogP contribution is 2.14. The Hall–Kier alpha value is -2.04. The predicted molar refractivity (Wildman–Crippen MR) is 50.7 cm³/mol. The number of hydrogen-bond acceptors (Lipinski definition) is 4. The van der Waals surface area contributed by atoms with Crippen LogP contribution in [0.15, 0.2) is 41.3 Å². The lowest BCUT2D eigenvalue weighted by molar-refractivity contribution is -0.414. The normalized spacial score (nSPS) is 14.9. The molecule has 1 aliphatic heterocycles. The van der Waals surface area contributed by atoms with Crippen LogP contribution in [0.4, 0.5) is 0 Å². The zero-order valence-corrected chi connectivity index (χ0v) is 7.25. The minimum Gasteiger partial charge on any atom is -0.273 e. The van der Waals surface area contributed by atoms with Gasteiger partial charge in [-0.05, 0) is 12.1 Å². The van der Waals surface area contributed by atoms with Gasteiger partial charge in [0.25, 0.3) is 5.70 Å². The molecule has 14 heavy (non-hydrogen) atoms. The molecule has 0 bridgehead atoms. The first-order chi connectivity index (χ1) is 6.79. The Bertz CT molecular complexity index is 423. The van der Waals surface area contributed by atoms with E-state index in [2.05, 4.69) is 9.98 Å². The Morgan fingerprint density at radius 2 is 2.36 bits per heavy atom. The van der Waals surface area contributed by atoms with Crippen molar-refractivity contribution in [3.05, 3.63) is 52.0 Å². The largest absolute Gasteiger partial charge is 0.292 e. The van der Waals surface area contributed by atoms with Gasteiger partial charge in [-0.25, -0.2) is 0 Å². The molecule has 0 spiro atoms. The summed E-state index contributed by atoms with van der Waals surface area (Å²) in [6.45, 7) is 0.376. The SMILES string of the molecule is O=[N+]([O-])C1=CCN=C1c1cccnc1. The lowest BCUT2D eigenvalue weighted by atomic mass is 10.1. The summed E-state index contributed by atoms with van der Waals surface area (Å²) >= 11 is 0. The van der Waals surface area contributed by atoms with Crippen molar-refractivity contribution in [2.75, 3.05) is 6.54 Å². The standard InChI is InChI=1S/C9H7N3O2/c13-12(14)8-3-5-11-9(8)7-2-1-4-10-6-7/h1-4,6H,5H2. The Labute approximate surface area is 80.0 Å². The molecular formula is C9H7N3O2. The monoisotopic (exact) mass is 189 g/mol. The van der Waals surface area contributed by atoms with E-state index in [9.17, 15) is 10.1 Å². The maximum Gasteiger partial charge on any atom is 0.292 e. The molecule has 70 valence electrons. The molecule has 2 rings (SSSR count). The van der Waals surface area contributed by atoms with Crippen LogP contribution < -0.4 is 0 Å². The first-order valence-corrected chi connectivity index (χ1v) is 4.09. The number of rotatable bonds is 2. The summed E-state index contributed by atoms with van der Waals surface area (Å²) in [7, 11) is 0. The van der Waals surface area contributed by atoms with Crippen molar-refractivity contribution in [3.8, 4) is 0 Å². The van der Waals surface area contributed by atoms with Crippen molar-refractivity contribution in [1.82, 2.24) is 4.98 Å². The van der Waals surface area contributed by atoms with Gasteiger partial charge < -0.3 is 0 Å². The molecule has 5 nitrogen and oxygen atoms in total. The Balaban J connectivity index is 2.38. The van der Waals surface area contributed by atoms with Crippen LogP contribution in [0.1, 0.15) is 5.56 Å². The first kappa shape index (κ1) is 8.55. The van der Waals surface area contributed by atoms with Crippen LogP contribution in [-0.4, -0.2) is 22.2 Å². The molecule has 0 radical (unpaired) electrons. The highest BCUT2D eigenvalue weighted by Gasteiger charge is 2.24. The molecule has 0 atom stereocenters. The Morgan fingerprint density at radius 1 is 1.50 bits per heavy atom. The van der Waals surface area contributed by atoms with Crippen molar-refractivity contribution in [2.45, 2.75) is 0 Å². The van der Waals surface area contributed by atoms with E-state index in [1.54, 1.807) is 24.5 Å². The molecule has 1 aliphatic rings. The number of nitro groups is 1. The predicted octanol–water partition coefficient (Wildman–Crippen LogP) is 1.04. The second-order valence-electron chi connectivity index (χ2n) is 2.78. The summed E-state index contributed by atoms with van der Waals surface area (Å²) in [5, 5.41) is 10.6. The van der Waals surface area contributed by atoms with Crippen LogP contribution in [0.2, 0.25) is 0 Å². The average Bonchev–Trinajstić information content (AvgIpc) is 2.67. The van der Waals surface area contributed by atoms with Crippen LogP contribution >= 0.6 is 0 Å². The number of aliphatic imine (C=N–C) groups is 1. The molecule has 1 aromatic heterocycles. The molecule has 5 heteroatoms. The van der Waals surface area contributed by atoms with E-state index < -0.39 is 4.92 Å².